The Morgan fingerprint density at radius 1 is 0.970 bits per heavy atom. The third kappa shape index (κ3) is 9.75. The molecule has 2 saturated heterocycles. The first-order valence-corrected chi connectivity index (χ1v) is 24.3. The number of fused-ring (bicyclic) bond motifs is 2. The van der Waals surface area contributed by atoms with Crippen molar-refractivity contribution in [3.05, 3.63) is 111 Å². The molecule has 346 valence electrons. The average Bonchev–Trinajstić information content (AvgIpc) is 3.70. The number of rotatable bonds is 12. The number of anilines is 4. The summed E-state index contributed by atoms with van der Waals surface area (Å²) in [5.41, 5.74) is 5.56. The van der Waals surface area contributed by atoms with E-state index in [1.807, 2.05) is 12.1 Å². The molecule has 3 N–H and O–H groups in total. The Balaban J connectivity index is 1.00. The maximum atomic E-state index is 14.4. The second kappa shape index (κ2) is 18.7. The van der Waals surface area contributed by atoms with Crippen LogP contribution in [0.4, 0.5) is 28.4 Å². The second-order valence-electron chi connectivity index (χ2n) is 18.3. The molecule has 2 fully saturated rings. The van der Waals surface area contributed by atoms with Gasteiger partial charge < -0.3 is 24.7 Å². The molecule has 2 amide bonds. The number of piperazine rings is 1. The number of nitrogens with zero attached hydrogens (tertiary/aromatic N) is 5. The van der Waals surface area contributed by atoms with Crippen LogP contribution in [0.1, 0.15) is 68.3 Å². The molecule has 18 heteroatoms. The Labute approximate surface area is 388 Å². The zero-order valence-corrected chi connectivity index (χ0v) is 38.6. The lowest BCUT2D eigenvalue weighted by atomic mass is 9.72. The van der Waals surface area contributed by atoms with Crippen LogP contribution in [-0.4, -0.2) is 99.1 Å². The second-order valence-corrected chi connectivity index (χ2v) is 20.4. The van der Waals surface area contributed by atoms with Crippen LogP contribution in [0.2, 0.25) is 5.02 Å². The zero-order chi connectivity index (χ0) is 46.2. The topological polar surface area (TPSA) is 192 Å². The molecule has 5 aromatic rings. The molecule has 0 spiro atoms. The molecule has 9 rings (SSSR count). The molecule has 0 saturated carbocycles. The zero-order valence-electron chi connectivity index (χ0n) is 37.0. The lowest BCUT2D eigenvalue weighted by Crippen LogP contribution is -2.47. The van der Waals surface area contributed by atoms with Crippen molar-refractivity contribution >= 4 is 78.5 Å². The van der Waals surface area contributed by atoms with E-state index in [1.165, 1.54) is 39.8 Å². The van der Waals surface area contributed by atoms with Crippen molar-refractivity contribution in [1.82, 2.24) is 19.6 Å². The van der Waals surface area contributed by atoms with Crippen molar-refractivity contribution in [3.63, 3.8) is 0 Å². The molecular formula is C48H53ClN8O8S. The summed E-state index contributed by atoms with van der Waals surface area (Å²) in [6.45, 7) is 10.0. The maximum Gasteiger partial charge on any atom is 0.293 e. The molecule has 3 aliphatic heterocycles. The van der Waals surface area contributed by atoms with Gasteiger partial charge in [0.25, 0.3) is 21.6 Å². The van der Waals surface area contributed by atoms with Gasteiger partial charge in [0.1, 0.15) is 17.0 Å². The summed E-state index contributed by atoms with van der Waals surface area (Å²) in [4.78, 5) is 53.4. The lowest BCUT2D eigenvalue weighted by Gasteiger charge is -2.39. The summed E-state index contributed by atoms with van der Waals surface area (Å²) in [6, 6.07) is 20.2. The van der Waals surface area contributed by atoms with Gasteiger partial charge in [0, 0.05) is 80.8 Å². The fourth-order valence-electron chi connectivity index (χ4n) is 9.38. The molecular weight excluding hydrogens is 884 g/mol. The van der Waals surface area contributed by atoms with E-state index in [2.05, 4.69) is 55.8 Å². The summed E-state index contributed by atoms with van der Waals surface area (Å²) < 4.78 is 41.4. The molecule has 1 aliphatic carbocycles. The minimum Gasteiger partial charge on any atom is -0.476 e. The van der Waals surface area contributed by atoms with Crippen LogP contribution in [-0.2, 0) is 19.6 Å². The predicted molar refractivity (Wildman–Crippen MR) is 254 cm³/mol. The number of aromatic amines is 1. The highest BCUT2D eigenvalue weighted by Crippen LogP contribution is 2.44. The van der Waals surface area contributed by atoms with Gasteiger partial charge in [-0.3, -0.25) is 29.5 Å². The Morgan fingerprint density at radius 3 is 2.50 bits per heavy atom. The number of nitro groups is 1. The van der Waals surface area contributed by atoms with E-state index in [1.54, 1.807) is 30.5 Å². The van der Waals surface area contributed by atoms with Crippen LogP contribution < -0.4 is 24.6 Å². The first-order chi connectivity index (χ1) is 31.7. The molecule has 0 unspecified atom stereocenters. The number of aromatic nitrogens is 2. The highest BCUT2D eigenvalue weighted by Gasteiger charge is 2.34. The number of pyridine rings is 1. The number of nitrogens with one attached hydrogen (secondary N) is 3. The van der Waals surface area contributed by atoms with Gasteiger partial charge >= 0.3 is 0 Å². The third-order valence-electron chi connectivity index (χ3n) is 13.1. The maximum absolute atomic E-state index is 14.4. The minimum atomic E-state index is -4.66. The lowest BCUT2D eigenvalue weighted by molar-refractivity contribution is -0.384. The number of allylic oxidation sites excluding steroid dienone is 1. The number of halogens is 1. The van der Waals surface area contributed by atoms with E-state index < -0.39 is 31.4 Å². The molecule has 5 heterocycles. The summed E-state index contributed by atoms with van der Waals surface area (Å²) in [5, 5.41) is 16.7. The largest absolute Gasteiger partial charge is 0.476 e. The molecule has 4 aliphatic rings. The molecule has 0 radical (unpaired) electrons. The van der Waals surface area contributed by atoms with Gasteiger partial charge in [-0.05, 0) is 109 Å². The van der Waals surface area contributed by atoms with E-state index in [9.17, 15) is 28.1 Å². The number of carbonyl (C=O) groups excluding carboxylic acids is 2. The fraction of sp³-hybridized carbons (Fsp3) is 0.396. The monoisotopic (exact) mass is 936 g/mol. The van der Waals surface area contributed by atoms with E-state index in [0.717, 1.165) is 63.5 Å². The number of nitro benzene ring substituents is 1. The summed E-state index contributed by atoms with van der Waals surface area (Å²) in [5.74, 6) is -0.992. The van der Waals surface area contributed by atoms with E-state index in [0.29, 0.717) is 54.6 Å². The van der Waals surface area contributed by atoms with Crippen molar-refractivity contribution in [3.8, 4) is 5.88 Å². The number of hydrogen-bond acceptors (Lipinski definition) is 12. The summed E-state index contributed by atoms with van der Waals surface area (Å²) >= 11 is 6.26. The van der Waals surface area contributed by atoms with Crippen molar-refractivity contribution in [2.75, 3.05) is 74.2 Å². The van der Waals surface area contributed by atoms with Crippen LogP contribution >= 0.6 is 11.6 Å². The summed E-state index contributed by atoms with van der Waals surface area (Å²) in [7, 11) is -4.66. The van der Waals surface area contributed by atoms with Crippen LogP contribution in [0.5, 0.6) is 5.88 Å². The quantitative estimate of drug-likeness (QED) is 0.0802. The van der Waals surface area contributed by atoms with Crippen LogP contribution in [0.15, 0.2) is 89.5 Å². The first kappa shape index (κ1) is 45.2. The highest BCUT2D eigenvalue weighted by atomic mass is 35.5. The van der Waals surface area contributed by atoms with Crippen LogP contribution in [0.25, 0.3) is 16.6 Å². The van der Waals surface area contributed by atoms with Gasteiger partial charge in [0.05, 0.1) is 34.1 Å². The van der Waals surface area contributed by atoms with Crippen molar-refractivity contribution in [1.29, 1.82) is 0 Å². The van der Waals surface area contributed by atoms with Gasteiger partial charge in [-0.1, -0.05) is 43.2 Å². The third-order valence-corrected chi connectivity index (χ3v) is 14.7. The Kier molecular flexibility index (Phi) is 12.8. The minimum absolute atomic E-state index is 0.0332. The number of H-pyrrole nitrogens is 1. The number of hydrogen-bond donors (Lipinski definition) is 3. The van der Waals surface area contributed by atoms with Crippen molar-refractivity contribution in [2.45, 2.75) is 57.3 Å². The standard InChI is InChI=1S/C48H53ClN8O8S/c1-48(2)16-11-34(39(28-48)32-3-5-35(49)6-4-32)30-54-18-20-55(21-19-54)36-7-9-38(41(26-36)56-43-25-33-12-17-50-45(33)52-47(43)65-24-15-44(56)58)46(59)53-66(62,63)37-8-10-40(42(27-37)57(60)61)51-29-31-13-22-64-23-14-31/h3-10,12,17,25-27,31,51H,11,13-16,18-24,28-30H2,1-2H3,(H,50,52)(H,53,59). The predicted octanol–water partition coefficient (Wildman–Crippen LogP) is 8.31. The number of sulfonamides is 1. The number of carbonyl (C=O) groups is 2. The number of ether oxygens (including phenoxy) is 2. The normalized spacial score (nSPS) is 18.4. The van der Waals surface area contributed by atoms with Crippen LogP contribution in [0.3, 0.4) is 0 Å². The summed E-state index contributed by atoms with van der Waals surface area (Å²) in [6.07, 6.45) is 6.40. The molecule has 66 heavy (non-hydrogen) atoms. The number of amides is 2. The Bertz CT molecular complexity index is 2820. The SMILES string of the molecule is CC1(C)CCC(CN2CCN(c3ccc(C(=O)NS(=O)(=O)c4ccc(NCC5CCOCC5)c([N+](=O)[O-])c4)c(N4C(=O)CCOc5nc6[nH]ccc6cc54)c3)CC2)=C(c2ccc(Cl)cc2)C1. The van der Waals surface area contributed by atoms with E-state index in [-0.39, 0.29) is 53.1 Å². The van der Waals surface area contributed by atoms with E-state index in [4.69, 9.17) is 21.1 Å². The van der Waals surface area contributed by atoms with Crippen molar-refractivity contribution < 1.29 is 32.4 Å². The molecule has 2 aromatic heterocycles. The van der Waals surface area contributed by atoms with Gasteiger partial charge in [-0.2, -0.15) is 4.98 Å². The smallest absolute Gasteiger partial charge is 0.293 e. The van der Waals surface area contributed by atoms with Gasteiger partial charge in [0.2, 0.25) is 11.8 Å². The van der Waals surface area contributed by atoms with Gasteiger partial charge in [0.15, 0.2) is 0 Å². The first-order valence-electron chi connectivity index (χ1n) is 22.4. The Hall–Kier alpha value is -6.01. The van der Waals surface area contributed by atoms with Gasteiger partial charge in [-0.25, -0.2) is 13.1 Å². The highest BCUT2D eigenvalue weighted by molar-refractivity contribution is 7.90. The fourth-order valence-corrected chi connectivity index (χ4v) is 10.5. The average molecular weight is 938 g/mol. The molecule has 0 bridgehead atoms. The number of benzene rings is 3. The molecule has 16 nitrogen and oxygen atoms in total. The van der Waals surface area contributed by atoms with E-state index >= 15 is 0 Å². The van der Waals surface area contributed by atoms with Crippen molar-refractivity contribution in [2.24, 2.45) is 11.3 Å². The molecule has 0 atom stereocenters. The van der Waals surface area contributed by atoms with Crippen LogP contribution in [0, 0.1) is 21.4 Å². The van der Waals surface area contributed by atoms with Gasteiger partial charge in [-0.15, -0.1) is 0 Å². The molecule has 3 aromatic carbocycles. The Morgan fingerprint density at radius 2 is 1.74 bits per heavy atom.